The molecule has 5 fully saturated rings. The molecule has 0 aromatic carbocycles. The highest BCUT2D eigenvalue weighted by molar-refractivity contribution is 5.89. The summed E-state index contributed by atoms with van der Waals surface area (Å²) in [6.45, 7) is 6.19. The van der Waals surface area contributed by atoms with Crippen molar-refractivity contribution in [2.24, 2.45) is 23.7 Å². The van der Waals surface area contributed by atoms with Gasteiger partial charge in [-0.05, 0) is 38.0 Å². The molecule has 5 rings (SSSR count). The first-order chi connectivity index (χ1) is 13.1. The first-order valence-corrected chi connectivity index (χ1v) is 9.58. The molecule has 7 atom stereocenters. The van der Waals surface area contributed by atoms with Gasteiger partial charge in [-0.3, -0.25) is 4.79 Å². The minimum atomic E-state index is -1.26. The largest absolute Gasteiger partial charge is 0.478 e. The Morgan fingerprint density at radius 2 is 1.71 bits per heavy atom. The zero-order chi connectivity index (χ0) is 20.7. The summed E-state index contributed by atoms with van der Waals surface area (Å²) in [5, 5.41) is 18.7. The number of fused-ring (bicyclic) bond motifs is 2. The monoisotopic (exact) mass is 397 g/mol. The summed E-state index contributed by atoms with van der Waals surface area (Å²) in [5.41, 5.74) is -0.499. The molecule has 0 radical (unpaired) electrons. The van der Waals surface area contributed by atoms with Crippen molar-refractivity contribution in [3.05, 3.63) is 12.2 Å². The fraction of sp³-hybridized carbons (Fsp3) is 0.737. The Morgan fingerprint density at radius 3 is 2.32 bits per heavy atom. The number of hydrogen-bond donors (Lipinski definition) is 3. The molecule has 4 heterocycles. The maximum Gasteiger partial charge on any atom is 0.328 e. The van der Waals surface area contributed by atoms with Crippen LogP contribution in [-0.2, 0) is 28.9 Å². The predicted octanol–water partition coefficient (Wildman–Crippen LogP) is 1.68. The Hall–Kier alpha value is -1.97. The molecule has 1 spiro atoms. The molecular formula is C19H27NO8. The Kier molecular flexibility index (Phi) is 5.53. The van der Waals surface area contributed by atoms with Crippen LogP contribution in [0, 0.1) is 23.7 Å². The Balaban J connectivity index is 0.000000242. The summed E-state index contributed by atoms with van der Waals surface area (Å²) in [4.78, 5) is 43.0. The number of aliphatic carboxylic acids is 2. The fourth-order valence-corrected chi connectivity index (χ4v) is 5.06. The molecule has 0 unspecified atom stereocenters. The van der Waals surface area contributed by atoms with Crippen LogP contribution < -0.4 is 5.32 Å². The van der Waals surface area contributed by atoms with Gasteiger partial charge in [0.15, 0.2) is 11.8 Å². The van der Waals surface area contributed by atoms with Crippen LogP contribution in [0.3, 0.4) is 0 Å². The molecule has 3 N–H and O–H groups in total. The van der Waals surface area contributed by atoms with E-state index >= 15 is 0 Å². The SMILES string of the molecule is C[C@@H]1CC[C@H]2[C@@H](C)C(=O)N[C@@H]3O[C@@]4(C)CC[C@@H]1[C@]32OO4.O=C(O)/C=C\C(=O)O. The Morgan fingerprint density at radius 1 is 1.07 bits per heavy atom. The number of nitrogens with one attached hydrogen (secondary N) is 1. The second-order valence-corrected chi connectivity index (χ2v) is 8.27. The third-order valence-electron chi connectivity index (χ3n) is 6.49. The third kappa shape index (κ3) is 3.54. The van der Waals surface area contributed by atoms with Gasteiger partial charge in [-0.15, -0.1) is 0 Å². The van der Waals surface area contributed by atoms with E-state index in [1.54, 1.807) is 0 Å². The number of hydrogen-bond acceptors (Lipinski definition) is 6. The van der Waals surface area contributed by atoms with Crippen LogP contribution in [0.4, 0.5) is 0 Å². The quantitative estimate of drug-likeness (QED) is 0.474. The predicted molar refractivity (Wildman–Crippen MR) is 94.5 cm³/mol. The van der Waals surface area contributed by atoms with Gasteiger partial charge in [0.05, 0.1) is 0 Å². The summed E-state index contributed by atoms with van der Waals surface area (Å²) < 4.78 is 6.12. The lowest BCUT2D eigenvalue weighted by atomic mass is 9.57. The minimum absolute atomic E-state index is 0.0455. The molecule has 9 heteroatoms. The number of amides is 1. The van der Waals surface area contributed by atoms with Gasteiger partial charge in [0.1, 0.15) is 0 Å². The van der Waals surface area contributed by atoms with Crippen LogP contribution in [-0.4, -0.2) is 45.7 Å². The van der Waals surface area contributed by atoms with Crippen LogP contribution >= 0.6 is 0 Å². The van der Waals surface area contributed by atoms with Gasteiger partial charge in [0.25, 0.3) is 0 Å². The summed E-state index contributed by atoms with van der Waals surface area (Å²) in [5.74, 6) is -2.06. The molecule has 4 saturated heterocycles. The molecule has 9 nitrogen and oxygen atoms in total. The summed E-state index contributed by atoms with van der Waals surface area (Å²) >= 11 is 0. The van der Waals surface area contributed by atoms with E-state index in [0.717, 1.165) is 25.7 Å². The van der Waals surface area contributed by atoms with Crippen LogP contribution in [0.2, 0.25) is 0 Å². The van der Waals surface area contributed by atoms with Crippen molar-refractivity contribution >= 4 is 17.8 Å². The lowest BCUT2D eigenvalue weighted by Gasteiger charge is -2.58. The number of carbonyl (C=O) groups excluding carboxylic acids is 1. The number of carboxylic acid groups (broad SMARTS) is 2. The van der Waals surface area contributed by atoms with Crippen molar-refractivity contribution in [2.45, 2.75) is 64.1 Å². The highest BCUT2D eigenvalue weighted by Gasteiger charge is 2.68. The van der Waals surface area contributed by atoms with E-state index in [1.807, 2.05) is 13.8 Å². The van der Waals surface area contributed by atoms with Crippen molar-refractivity contribution in [1.29, 1.82) is 0 Å². The lowest BCUT2D eigenvalue weighted by Crippen LogP contribution is -2.74. The topological polar surface area (TPSA) is 131 Å². The molecule has 0 aromatic heterocycles. The van der Waals surface area contributed by atoms with Crippen LogP contribution in [0.1, 0.15) is 46.5 Å². The first kappa shape index (κ1) is 20.8. The van der Waals surface area contributed by atoms with Gasteiger partial charge < -0.3 is 20.3 Å². The zero-order valence-electron chi connectivity index (χ0n) is 16.2. The van der Waals surface area contributed by atoms with Gasteiger partial charge in [0.2, 0.25) is 11.7 Å². The van der Waals surface area contributed by atoms with E-state index in [-0.39, 0.29) is 24.0 Å². The van der Waals surface area contributed by atoms with Gasteiger partial charge in [-0.25, -0.2) is 19.4 Å². The average Bonchev–Trinajstić information content (AvgIpc) is 2.85. The van der Waals surface area contributed by atoms with Crippen molar-refractivity contribution in [1.82, 2.24) is 5.32 Å². The molecule has 1 saturated carbocycles. The minimum Gasteiger partial charge on any atom is -0.478 e. The standard InChI is InChI=1S/C15H23NO4.C4H4O4/c1-8-4-5-11-9(2)12(17)16-13-15(11)10(8)6-7-14(3,18-13)19-20-15;5-3(6)1-2-4(7)8/h8-11,13H,4-7H2,1-3H3,(H,16,17);1-2H,(H,5,6)(H,7,8)/b;2-1-/t8-,9-,10+,11+,13-,14-,15-;/m1./s1. The van der Waals surface area contributed by atoms with Gasteiger partial charge in [-0.2, -0.15) is 0 Å². The third-order valence-corrected chi connectivity index (χ3v) is 6.49. The van der Waals surface area contributed by atoms with E-state index in [4.69, 9.17) is 24.7 Å². The smallest absolute Gasteiger partial charge is 0.328 e. The van der Waals surface area contributed by atoms with E-state index < -0.39 is 23.3 Å². The number of rotatable bonds is 2. The maximum atomic E-state index is 12.2. The summed E-state index contributed by atoms with van der Waals surface area (Å²) in [6, 6.07) is 0. The number of piperidine rings is 1. The van der Waals surface area contributed by atoms with Crippen LogP contribution in [0.15, 0.2) is 12.2 Å². The molecule has 0 aromatic rings. The zero-order valence-corrected chi connectivity index (χ0v) is 16.2. The molecule has 5 aliphatic rings. The van der Waals surface area contributed by atoms with Crippen LogP contribution in [0.5, 0.6) is 0 Å². The first-order valence-electron chi connectivity index (χ1n) is 9.58. The van der Waals surface area contributed by atoms with Gasteiger partial charge >= 0.3 is 11.9 Å². The fourth-order valence-electron chi connectivity index (χ4n) is 5.06. The normalized spacial score (nSPS) is 44.0. The molecule has 2 bridgehead atoms. The number of ether oxygens (including phenoxy) is 1. The van der Waals surface area contributed by atoms with Crippen molar-refractivity contribution in [3.8, 4) is 0 Å². The molecular weight excluding hydrogens is 370 g/mol. The average molecular weight is 397 g/mol. The van der Waals surface area contributed by atoms with Crippen molar-refractivity contribution in [3.63, 3.8) is 0 Å². The molecule has 28 heavy (non-hydrogen) atoms. The highest BCUT2D eigenvalue weighted by Crippen LogP contribution is 2.58. The Labute approximate surface area is 162 Å². The van der Waals surface area contributed by atoms with Crippen molar-refractivity contribution < 1.29 is 39.1 Å². The highest BCUT2D eigenvalue weighted by atomic mass is 17.3. The maximum absolute atomic E-state index is 12.2. The van der Waals surface area contributed by atoms with Crippen LogP contribution in [0.25, 0.3) is 0 Å². The van der Waals surface area contributed by atoms with Gasteiger partial charge in [-0.1, -0.05) is 13.8 Å². The van der Waals surface area contributed by atoms with E-state index in [0.29, 0.717) is 24.0 Å². The lowest BCUT2D eigenvalue weighted by molar-refractivity contribution is -0.538. The summed E-state index contributed by atoms with van der Waals surface area (Å²) in [7, 11) is 0. The molecule has 1 amide bonds. The van der Waals surface area contributed by atoms with E-state index in [9.17, 15) is 14.4 Å². The summed E-state index contributed by atoms with van der Waals surface area (Å²) in [6.07, 6.45) is 4.76. The number of carboxylic acids is 2. The van der Waals surface area contributed by atoms with Gasteiger partial charge in [0, 0.05) is 30.4 Å². The number of carbonyl (C=O) groups is 3. The second-order valence-electron chi connectivity index (χ2n) is 8.27. The second kappa shape index (κ2) is 7.46. The van der Waals surface area contributed by atoms with E-state index in [2.05, 4.69) is 12.2 Å². The Bertz CT molecular complexity index is 677. The molecule has 4 aliphatic heterocycles. The molecule has 1 aliphatic carbocycles. The van der Waals surface area contributed by atoms with E-state index in [1.165, 1.54) is 0 Å². The van der Waals surface area contributed by atoms with Crippen molar-refractivity contribution in [2.75, 3.05) is 0 Å². The molecule has 156 valence electrons.